The summed E-state index contributed by atoms with van der Waals surface area (Å²) < 4.78 is 0. The predicted molar refractivity (Wildman–Crippen MR) is 49.9 cm³/mol. The average molecular weight is 211 g/mol. The molecule has 1 aromatic carbocycles. The van der Waals surface area contributed by atoms with Crippen LogP contribution in [0.15, 0.2) is 17.3 Å². The first-order chi connectivity index (χ1) is 6.97. The summed E-state index contributed by atoms with van der Waals surface area (Å²) in [4.78, 5) is 29.6. The first-order valence-corrected chi connectivity index (χ1v) is 3.74. The van der Waals surface area contributed by atoms with Gasteiger partial charge in [-0.25, -0.2) is 0 Å². The molecule has 0 saturated heterocycles. The number of hydrogen-bond acceptors (Lipinski definition) is 6. The molecular weight excluding hydrogens is 206 g/mol. The lowest BCUT2D eigenvalue weighted by atomic mass is 10.1. The first-order valence-electron chi connectivity index (χ1n) is 3.74. The molecule has 0 aliphatic rings. The molecule has 0 N–H and O–H groups in total. The minimum atomic E-state index is -0.795. The van der Waals surface area contributed by atoms with Gasteiger partial charge in [0.05, 0.1) is 9.85 Å². The Morgan fingerprint density at radius 1 is 1.13 bits per heavy atom. The Bertz CT molecular complexity index is 421. The molecule has 0 aromatic heterocycles. The van der Waals surface area contributed by atoms with Gasteiger partial charge >= 0.3 is 0 Å². The third-order valence-corrected chi connectivity index (χ3v) is 1.84. The van der Waals surface area contributed by atoms with E-state index in [-0.39, 0.29) is 11.3 Å². The van der Waals surface area contributed by atoms with Crippen LogP contribution >= 0.6 is 0 Å². The maximum Gasteiger partial charge on any atom is 0.281 e. The molecule has 0 atom stereocenters. The molecule has 0 amide bonds. The van der Waals surface area contributed by atoms with E-state index in [1.165, 1.54) is 6.92 Å². The number of nitro groups is 2. The summed E-state index contributed by atoms with van der Waals surface area (Å²) in [5, 5.41) is 23.4. The van der Waals surface area contributed by atoms with Gasteiger partial charge in [-0.05, 0) is 12.1 Å². The van der Waals surface area contributed by atoms with Crippen LogP contribution in [0.25, 0.3) is 0 Å². The van der Waals surface area contributed by atoms with Crippen molar-refractivity contribution in [2.45, 2.75) is 6.92 Å². The number of rotatable bonds is 3. The van der Waals surface area contributed by atoms with Crippen molar-refractivity contribution in [3.63, 3.8) is 0 Å². The predicted octanol–water partition coefficient (Wildman–Crippen LogP) is 2.21. The van der Waals surface area contributed by atoms with E-state index in [0.717, 1.165) is 12.1 Å². The Kier molecular flexibility index (Phi) is 2.70. The van der Waals surface area contributed by atoms with E-state index in [4.69, 9.17) is 0 Å². The number of nitrogens with zero attached hydrogens (tertiary/aromatic N) is 3. The fraction of sp³-hybridized carbons (Fsp3) is 0.143. The highest BCUT2D eigenvalue weighted by Gasteiger charge is 2.23. The van der Waals surface area contributed by atoms with Crippen LogP contribution in [0.1, 0.15) is 5.56 Å². The van der Waals surface area contributed by atoms with Crippen molar-refractivity contribution in [2.75, 3.05) is 0 Å². The standard InChI is InChI=1S/C7H5N3O5/c1-4-6(9(12)13)2-5(8-11)3-7(4)10(14)15/h2-3H,1H3. The fourth-order valence-electron chi connectivity index (χ4n) is 1.10. The Labute approximate surface area is 82.8 Å². The molecule has 15 heavy (non-hydrogen) atoms. The third kappa shape index (κ3) is 1.93. The van der Waals surface area contributed by atoms with Gasteiger partial charge in [-0.3, -0.25) is 20.2 Å². The SMILES string of the molecule is Cc1c([N+](=O)[O-])cc(N=O)cc1[N+](=O)[O-]. The minimum Gasteiger partial charge on any atom is -0.258 e. The molecule has 0 heterocycles. The van der Waals surface area contributed by atoms with Gasteiger partial charge in [0.2, 0.25) is 0 Å². The van der Waals surface area contributed by atoms with Crippen LogP contribution in [0.4, 0.5) is 17.1 Å². The zero-order valence-corrected chi connectivity index (χ0v) is 7.54. The lowest BCUT2D eigenvalue weighted by Crippen LogP contribution is -1.97. The molecule has 1 aromatic rings. The van der Waals surface area contributed by atoms with Gasteiger partial charge in [0.15, 0.2) is 0 Å². The molecule has 8 heteroatoms. The van der Waals surface area contributed by atoms with E-state index in [2.05, 4.69) is 5.18 Å². The Morgan fingerprint density at radius 3 is 1.80 bits per heavy atom. The number of benzene rings is 1. The van der Waals surface area contributed by atoms with Crippen molar-refractivity contribution in [3.8, 4) is 0 Å². The number of hydrogen-bond donors (Lipinski definition) is 0. The lowest BCUT2D eigenvalue weighted by Gasteiger charge is -1.99. The summed E-state index contributed by atoms with van der Waals surface area (Å²) in [7, 11) is 0. The second-order valence-electron chi connectivity index (χ2n) is 2.71. The van der Waals surface area contributed by atoms with Crippen LogP contribution in [-0.4, -0.2) is 9.85 Å². The summed E-state index contributed by atoms with van der Waals surface area (Å²) in [5.41, 5.74) is -1.41. The highest BCUT2D eigenvalue weighted by atomic mass is 16.6. The quantitative estimate of drug-likeness (QED) is 0.431. The van der Waals surface area contributed by atoms with Crippen molar-refractivity contribution in [1.29, 1.82) is 0 Å². The molecule has 78 valence electrons. The highest BCUT2D eigenvalue weighted by molar-refractivity contribution is 5.61. The zero-order chi connectivity index (χ0) is 11.6. The summed E-state index contributed by atoms with van der Waals surface area (Å²) in [6.45, 7) is 1.24. The normalized spacial score (nSPS) is 9.67. The summed E-state index contributed by atoms with van der Waals surface area (Å²) in [6.07, 6.45) is 0. The van der Waals surface area contributed by atoms with E-state index in [1.807, 2.05) is 0 Å². The molecular formula is C7H5N3O5. The number of nitro benzene ring substituents is 2. The smallest absolute Gasteiger partial charge is 0.258 e. The monoisotopic (exact) mass is 211 g/mol. The highest BCUT2D eigenvalue weighted by Crippen LogP contribution is 2.32. The van der Waals surface area contributed by atoms with Gasteiger partial charge in [-0.15, -0.1) is 4.91 Å². The van der Waals surface area contributed by atoms with Crippen LogP contribution in [0, 0.1) is 32.1 Å². The van der Waals surface area contributed by atoms with Crippen molar-refractivity contribution >= 4 is 17.1 Å². The first kappa shape index (κ1) is 10.7. The third-order valence-electron chi connectivity index (χ3n) is 1.84. The van der Waals surface area contributed by atoms with E-state index >= 15 is 0 Å². The van der Waals surface area contributed by atoms with Gasteiger partial charge in [-0.1, -0.05) is 0 Å². The maximum absolute atomic E-state index is 10.5. The average Bonchev–Trinajstić information content (AvgIpc) is 2.17. The van der Waals surface area contributed by atoms with Gasteiger partial charge in [0.25, 0.3) is 11.4 Å². The number of nitroso groups, excluding NO2 is 1. The molecule has 8 nitrogen and oxygen atoms in total. The van der Waals surface area contributed by atoms with Gasteiger partial charge < -0.3 is 0 Å². The molecule has 0 bridgehead atoms. The van der Waals surface area contributed by atoms with Crippen molar-refractivity contribution < 1.29 is 9.85 Å². The molecule has 0 radical (unpaired) electrons. The van der Waals surface area contributed by atoms with E-state index in [1.54, 1.807) is 0 Å². The Balaban J connectivity index is 3.53. The molecule has 1 rings (SSSR count). The summed E-state index contributed by atoms with van der Waals surface area (Å²) >= 11 is 0. The molecule has 0 fully saturated rings. The van der Waals surface area contributed by atoms with Crippen molar-refractivity contribution in [1.82, 2.24) is 0 Å². The van der Waals surface area contributed by atoms with E-state index in [0.29, 0.717) is 0 Å². The van der Waals surface area contributed by atoms with Crippen LogP contribution in [-0.2, 0) is 0 Å². The van der Waals surface area contributed by atoms with Crippen LogP contribution in [0.3, 0.4) is 0 Å². The van der Waals surface area contributed by atoms with Gasteiger partial charge in [0, 0.05) is 12.1 Å². The zero-order valence-electron chi connectivity index (χ0n) is 7.54. The van der Waals surface area contributed by atoms with Crippen LogP contribution in [0.2, 0.25) is 0 Å². The second kappa shape index (κ2) is 3.78. The molecule has 0 unspecified atom stereocenters. The molecule has 0 spiro atoms. The second-order valence-corrected chi connectivity index (χ2v) is 2.71. The van der Waals surface area contributed by atoms with E-state index in [9.17, 15) is 25.1 Å². The fourth-order valence-corrected chi connectivity index (χ4v) is 1.10. The Hall–Kier alpha value is -2.38. The Morgan fingerprint density at radius 2 is 1.53 bits per heavy atom. The topological polar surface area (TPSA) is 116 Å². The van der Waals surface area contributed by atoms with Gasteiger partial charge in [-0.2, -0.15) is 0 Å². The maximum atomic E-state index is 10.5. The van der Waals surface area contributed by atoms with E-state index < -0.39 is 21.2 Å². The molecule has 0 aliphatic heterocycles. The van der Waals surface area contributed by atoms with Crippen LogP contribution in [0.5, 0.6) is 0 Å². The molecule has 0 saturated carbocycles. The van der Waals surface area contributed by atoms with Gasteiger partial charge in [0.1, 0.15) is 11.3 Å². The minimum absolute atomic E-state index is 0.0996. The summed E-state index contributed by atoms with van der Waals surface area (Å²) in [6, 6.07) is 1.80. The van der Waals surface area contributed by atoms with Crippen LogP contribution < -0.4 is 0 Å². The summed E-state index contributed by atoms with van der Waals surface area (Å²) in [5.74, 6) is 0. The largest absolute Gasteiger partial charge is 0.281 e. The van der Waals surface area contributed by atoms with Crippen molar-refractivity contribution in [3.05, 3.63) is 42.8 Å². The molecule has 0 aliphatic carbocycles. The van der Waals surface area contributed by atoms with Crippen molar-refractivity contribution in [2.24, 2.45) is 5.18 Å². The lowest BCUT2D eigenvalue weighted by molar-refractivity contribution is -0.395.